The van der Waals surface area contributed by atoms with E-state index in [0.717, 1.165) is 39.1 Å². The van der Waals surface area contributed by atoms with Crippen molar-refractivity contribution in [2.75, 3.05) is 0 Å². The summed E-state index contributed by atoms with van der Waals surface area (Å²) >= 11 is 0. The second-order valence-electron chi connectivity index (χ2n) is 5.93. The average molecular weight is 322 g/mol. The van der Waals surface area contributed by atoms with Gasteiger partial charge in [0.15, 0.2) is 11.5 Å². The van der Waals surface area contributed by atoms with Crippen molar-refractivity contribution in [3.8, 4) is 22.6 Å². The molecule has 0 spiro atoms. The van der Waals surface area contributed by atoms with Crippen LogP contribution in [0.4, 0.5) is 0 Å². The lowest BCUT2D eigenvalue weighted by molar-refractivity contribution is 1.23. The molecule has 0 aliphatic rings. The first-order valence-corrected chi connectivity index (χ1v) is 8.14. The number of hydrogen-bond donors (Lipinski definition) is 1. The van der Waals surface area contributed by atoms with Crippen molar-refractivity contribution in [3.63, 3.8) is 0 Å². The summed E-state index contributed by atoms with van der Waals surface area (Å²) in [6.45, 7) is 0. The molecule has 0 atom stereocenters. The highest BCUT2D eigenvalue weighted by molar-refractivity contribution is 5.85. The predicted octanol–water partition coefficient (Wildman–Crippen LogP) is 4.84. The Balaban J connectivity index is 1.62. The maximum absolute atomic E-state index is 4.68. The molecule has 0 fully saturated rings. The highest BCUT2D eigenvalue weighted by Gasteiger charge is 2.09. The van der Waals surface area contributed by atoms with Crippen LogP contribution < -0.4 is 0 Å². The zero-order valence-corrected chi connectivity index (χ0v) is 13.3. The van der Waals surface area contributed by atoms with E-state index in [0.29, 0.717) is 0 Å². The lowest BCUT2D eigenvalue weighted by Crippen LogP contribution is -1.88. The van der Waals surface area contributed by atoms with Crippen LogP contribution in [0.5, 0.6) is 0 Å². The fourth-order valence-electron chi connectivity index (χ4n) is 3.03. The lowest BCUT2D eigenvalue weighted by atomic mass is 10.1. The van der Waals surface area contributed by atoms with Crippen LogP contribution in [0.1, 0.15) is 0 Å². The molecule has 25 heavy (non-hydrogen) atoms. The minimum atomic E-state index is 0.727. The molecule has 2 aromatic carbocycles. The van der Waals surface area contributed by atoms with Crippen LogP contribution in [0.15, 0.2) is 79.0 Å². The molecule has 0 amide bonds. The third-order valence-corrected chi connectivity index (χ3v) is 4.30. The summed E-state index contributed by atoms with van der Waals surface area (Å²) in [6.07, 6.45) is 1.75. The molecule has 0 aliphatic heterocycles. The molecule has 0 saturated carbocycles. The van der Waals surface area contributed by atoms with Gasteiger partial charge in [-0.2, -0.15) is 0 Å². The Labute approximate surface area is 144 Å². The molecule has 0 saturated heterocycles. The summed E-state index contributed by atoms with van der Waals surface area (Å²) in [7, 11) is 0. The van der Waals surface area contributed by atoms with E-state index in [1.807, 2.05) is 48.5 Å². The van der Waals surface area contributed by atoms with Crippen LogP contribution in [-0.2, 0) is 0 Å². The molecule has 4 heteroatoms. The Morgan fingerprint density at radius 2 is 1.64 bits per heavy atom. The molecule has 0 aliphatic carbocycles. The minimum absolute atomic E-state index is 0.727. The van der Waals surface area contributed by atoms with Gasteiger partial charge >= 0.3 is 0 Å². The normalized spacial score (nSPS) is 11.2. The number of fused-ring (bicyclic) bond motifs is 2. The van der Waals surface area contributed by atoms with Gasteiger partial charge in [-0.3, -0.25) is 0 Å². The molecule has 5 rings (SSSR count). The second kappa shape index (κ2) is 5.53. The number of H-pyrrole nitrogens is 1. The van der Waals surface area contributed by atoms with Gasteiger partial charge in [0.2, 0.25) is 0 Å². The maximum atomic E-state index is 4.68. The molecule has 0 unspecified atom stereocenters. The fourth-order valence-corrected chi connectivity index (χ4v) is 3.03. The molecule has 118 valence electrons. The number of pyridine rings is 2. The van der Waals surface area contributed by atoms with Crippen LogP contribution in [0.25, 0.3) is 44.7 Å². The van der Waals surface area contributed by atoms with Gasteiger partial charge in [0.1, 0.15) is 5.69 Å². The molecule has 5 aromatic rings. The number of nitrogens with zero attached hydrogens (tertiary/aromatic N) is 3. The highest BCUT2D eigenvalue weighted by atomic mass is 15.0. The first-order chi connectivity index (χ1) is 12.4. The first kappa shape index (κ1) is 13.9. The van der Waals surface area contributed by atoms with Gasteiger partial charge < -0.3 is 4.98 Å². The van der Waals surface area contributed by atoms with E-state index < -0.39 is 0 Å². The van der Waals surface area contributed by atoms with Gasteiger partial charge in [0.05, 0.1) is 11.0 Å². The average Bonchev–Trinajstić information content (AvgIpc) is 3.11. The summed E-state index contributed by atoms with van der Waals surface area (Å²) in [5.41, 5.74) is 5.80. The highest BCUT2D eigenvalue weighted by Crippen LogP contribution is 2.26. The van der Waals surface area contributed by atoms with Gasteiger partial charge in [-0.15, -0.1) is 0 Å². The standard InChI is InChI=1S/C21H14N4/c1-2-5-14(6-3-1)16-9-10-17-19(13-16)25-21(23-17)18-11-8-15-7-4-12-22-20(15)24-18/h1-13H,(H,23,25). The summed E-state index contributed by atoms with van der Waals surface area (Å²) in [5.74, 6) is 0.757. The van der Waals surface area contributed by atoms with Crippen LogP contribution in [0.3, 0.4) is 0 Å². The van der Waals surface area contributed by atoms with Crippen molar-refractivity contribution in [1.29, 1.82) is 0 Å². The number of hydrogen-bond acceptors (Lipinski definition) is 3. The SMILES string of the molecule is c1ccc(-c2ccc3nc(-c4ccc5cccnc5n4)[nH]c3c2)cc1. The van der Waals surface area contributed by atoms with Gasteiger partial charge in [-0.25, -0.2) is 15.0 Å². The van der Waals surface area contributed by atoms with Crippen molar-refractivity contribution in [2.24, 2.45) is 0 Å². The molecule has 4 nitrogen and oxygen atoms in total. The Hall–Kier alpha value is -3.53. The van der Waals surface area contributed by atoms with E-state index in [1.165, 1.54) is 5.56 Å². The van der Waals surface area contributed by atoms with E-state index >= 15 is 0 Å². The summed E-state index contributed by atoms with van der Waals surface area (Å²) < 4.78 is 0. The second-order valence-corrected chi connectivity index (χ2v) is 5.93. The van der Waals surface area contributed by atoms with Crippen LogP contribution in [0.2, 0.25) is 0 Å². The van der Waals surface area contributed by atoms with Crippen LogP contribution in [-0.4, -0.2) is 19.9 Å². The van der Waals surface area contributed by atoms with Crippen molar-refractivity contribution < 1.29 is 0 Å². The number of benzene rings is 2. The fraction of sp³-hybridized carbons (Fsp3) is 0. The van der Waals surface area contributed by atoms with Gasteiger partial charge in [-0.1, -0.05) is 36.4 Å². The minimum Gasteiger partial charge on any atom is -0.337 e. The third-order valence-electron chi connectivity index (χ3n) is 4.30. The van der Waals surface area contributed by atoms with Crippen LogP contribution in [0, 0.1) is 0 Å². The Morgan fingerprint density at radius 3 is 2.56 bits per heavy atom. The van der Waals surface area contributed by atoms with E-state index in [9.17, 15) is 0 Å². The summed E-state index contributed by atoms with van der Waals surface area (Å²) in [5, 5.41) is 1.02. The van der Waals surface area contributed by atoms with E-state index in [4.69, 9.17) is 0 Å². The molecule has 3 aromatic heterocycles. The largest absolute Gasteiger partial charge is 0.337 e. The predicted molar refractivity (Wildman–Crippen MR) is 100 cm³/mol. The quantitative estimate of drug-likeness (QED) is 0.506. The zero-order valence-electron chi connectivity index (χ0n) is 13.3. The Bertz CT molecular complexity index is 1190. The van der Waals surface area contributed by atoms with Gasteiger partial charge in [0.25, 0.3) is 0 Å². The molecule has 0 bridgehead atoms. The third kappa shape index (κ3) is 2.44. The lowest BCUT2D eigenvalue weighted by Gasteiger charge is -2.00. The number of rotatable bonds is 2. The smallest absolute Gasteiger partial charge is 0.159 e. The van der Waals surface area contributed by atoms with Crippen molar-refractivity contribution >= 4 is 22.1 Å². The molecule has 0 radical (unpaired) electrons. The number of imidazole rings is 1. The number of aromatic nitrogens is 4. The Kier molecular flexibility index (Phi) is 3.07. The van der Waals surface area contributed by atoms with Crippen molar-refractivity contribution in [2.45, 2.75) is 0 Å². The van der Waals surface area contributed by atoms with E-state index in [2.05, 4.69) is 44.2 Å². The summed E-state index contributed by atoms with van der Waals surface area (Å²) in [6, 6.07) is 24.5. The molecule has 1 N–H and O–H groups in total. The topological polar surface area (TPSA) is 54.5 Å². The van der Waals surface area contributed by atoms with Crippen LogP contribution >= 0.6 is 0 Å². The van der Waals surface area contributed by atoms with Gasteiger partial charge in [-0.05, 0) is 47.5 Å². The monoisotopic (exact) mass is 322 g/mol. The maximum Gasteiger partial charge on any atom is 0.159 e. The number of aromatic amines is 1. The number of nitrogens with one attached hydrogen (secondary N) is 1. The Morgan fingerprint density at radius 1 is 0.720 bits per heavy atom. The van der Waals surface area contributed by atoms with Crippen molar-refractivity contribution in [1.82, 2.24) is 19.9 Å². The zero-order chi connectivity index (χ0) is 16.6. The molecule has 3 heterocycles. The first-order valence-electron chi connectivity index (χ1n) is 8.14. The van der Waals surface area contributed by atoms with Crippen molar-refractivity contribution in [3.05, 3.63) is 79.0 Å². The molecular weight excluding hydrogens is 308 g/mol. The van der Waals surface area contributed by atoms with Gasteiger partial charge in [0, 0.05) is 11.6 Å². The van der Waals surface area contributed by atoms with E-state index in [1.54, 1.807) is 6.20 Å². The molecular formula is C21H14N4. The van der Waals surface area contributed by atoms with E-state index in [-0.39, 0.29) is 0 Å². The summed E-state index contributed by atoms with van der Waals surface area (Å²) in [4.78, 5) is 17.0.